The van der Waals surface area contributed by atoms with E-state index in [9.17, 15) is 9.18 Å². The Morgan fingerprint density at radius 2 is 2.10 bits per heavy atom. The first-order chi connectivity index (χ1) is 14.6. The van der Waals surface area contributed by atoms with E-state index in [-0.39, 0.29) is 35.2 Å². The van der Waals surface area contributed by atoms with E-state index in [0.717, 1.165) is 30.5 Å². The van der Waals surface area contributed by atoms with Crippen LogP contribution in [-0.2, 0) is 16.1 Å². The average molecular weight is 466 g/mol. The Kier molecular flexibility index (Phi) is 8.33. The van der Waals surface area contributed by atoms with Crippen LogP contribution in [-0.4, -0.2) is 52.5 Å². The van der Waals surface area contributed by atoms with Crippen LogP contribution in [0.5, 0.6) is 0 Å². The number of rotatable bonds is 8. The second kappa shape index (κ2) is 10.8. The first-order valence-corrected chi connectivity index (χ1v) is 11.0. The lowest BCUT2D eigenvalue weighted by Gasteiger charge is -2.37. The highest BCUT2D eigenvalue weighted by atomic mass is 35.5. The van der Waals surface area contributed by atoms with Crippen LogP contribution in [0.2, 0.25) is 0 Å². The maximum absolute atomic E-state index is 14.6. The number of benzene rings is 1. The molecule has 2 fully saturated rings. The predicted octanol–water partition coefficient (Wildman–Crippen LogP) is 4.20. The zero-order valence-corrected chi connectivity index (χ0v) is 19.3. The summed E-state index contributed by atoms with van der Waals surface area (Å²) in [5, 5.41) is 4.67. The molecule has 0 N–H and O–H groups in total. The lowest BCUT2D eigenvalue weighted by molar-refractivity contribution is -0.126. The quantitative estimate of drug-likeness (QED) is 0.593. The molecule has 1 aromatic heterocycles. The zero-order chi connectivity index (χ0) is 21.1. The van der Waals surface area contributed by atoms with Gasteiger partial charge in [-0.15, -0.1) is 12.4 Å². The minimum Gasteiger partial charge on any atom is -0.383 e. The van der Waals surface area contributed by atoms with E-state index >= 15 is 0 Å². The summed E-state index contributed by atoms with van der Waals surface area (Å²) in [6.45, 7) is 2.59. The van der Waals surface area contributed by atoms with Crippen molar-refractivity contribution < 1.29 is 13.9 Å². The number of carbonyl (C=O) groups is 1. The molecular weight excluding hydrogens is 437 g/mol. The second-order valence-corrected chi connectivity index (χ2v) is 8.71. The monoisotopic (exact) mass is 465 g/mol. The normalized spacial score (nSPS) is 21.6. The Hall–Kier alpha value is -1.67. The number of ether oxygens (including phenoxy) is 1. The number of aromatic nitrogens is 2. The van der Waals surface area contributed by atoms with Gasteiger partial charge in [-0.25, -0.2) is 4.39 Å². The first kappa shape index (κ1) is 24.0. The highest BCUT2D eigenvalue weighted by Gasteiger charge is 2.40. The molecule has 31 heavy (non-hydrogen) atoms. The highest BCUT2D eigenvalue weighted by Crippen LogP contribution is 2.39. The van der Waals surface area contributed by atoms with Crippen molar-refractivity contribution in [2.45, 2.75) is 37.1 Å². The number of hydrogen-bond acceptors (Lipinski definition) is 5. The van der Waals surface area contributed by atoms with Gasteiger partial charge >= 0.3 is 0 Å². The van der Waals surface area contributed by atoms with Crippen molar-refractivity contribution in [3.8, 4) is 0 Å². The third-order valence-electron chi connectivity index (χ3n) is 5.84. The van der Waals surface area contributed by atoms with E-state index < -0.39 is 6.04 Å². The van der Waals surface area contributed by atoms with Crippen LogP contribution in [0.25, 0.3) is 6.08 Å². The topological polar surface area (TPSA) is 47.4 Å². The van der Waals surface area contributed by atoms with Gasteiger partial charge in [-0.1, -0.05) is 18.2 Å². The van der Waals surface area contributed by atoms with E-state index in [1.165, 1.54) is 6.07 Å². The molecule has 2 heterocycles. The fraction of sp³-hybridized carbons (Fsp3) is 0.478. The van der Waals surface area contributed by atoms with Gasteiger partial charge in [0.15, 0.2) is 5.78 Å². The zero-order valence-electron chi connectivity index (χ0n) is 17.6. The summed E-state index contributed by atoms with van der Waals surface area (Å²) in [5.41, 5.74) is 2.44. The molecule has 0 radical (unpaired) electrons. The fourth-order valence-corrected chi connectivity index (χ4v) is 4.30. The van der Waals surface area contributed by atoms with Crippen LogP contribution in [0.4, 0.5) is 4.39 Å². The van der Waals surface area contributed by atoms with Crippen LogP contribution in [0.15, 0.2) is 42.1 Å². The van der Waals surface area contributed by atoms with Crippen molar-refractivity contribution in [2.75, 3.05) is 26.8 Å². The smallest absolute Gasteiger partial charge is 0.157 e. The molecule has 2 unspecified atom stereocenters. The van der Waals surface area contributed by atoms with Gasteiger partial charge in [-0.3, -0.25) is 14.4 Å². The van der Waals surface area contributed by atoms with Gasteiger partial charge in [0.2, 0.25) is 0 Å². The lowest BCUT2D eigenvalue weighted by Crippen LogP contribution is -2.42. The molecular formula is C23H29ClFN3O2S. The number of Topliss-reactive ketones (excluding diaryl/α,β-unsaturated/α-hetero) is 1. The van der Waals surface area contributed by atoms with Gasteiger partial charge in [-0.05, 0) is 43.0 Å². The van der Waals surface area contributed by atoms with Crippen LogP contribution in [0, 0.1) is 11.7 Å². The van der Waals surface area contributed by atoms with Crippen LogP contribution in [0.3, 0.4) is 0 Å². The molecule has 1 saturated carbocycles. The average Bonchev–Trinajstić information content (AvgIpc) is 3.50. The molecule has 168 valence electrons. The fourth-order valence-electron chi connectivity index (χ4n) is 4.03. The summed E-state index contributed by atoms with van der Waals surface area (Å²) in [7, 11) is 1.67. The van der Waals surface area contributed by atoms with Crippen molar-refractivity contribution in [1.29, 1.82) is 0 Å². The summed E-state index contributed by atoms with van der Waals surface area (Å²) >= 11 is 4.76. The maximum atomic E-state index is 14.6. The van der Waals surface area contributed by atoms with Gasteiger partial charge in [0, 0.05) is 43.1 Å². The third-order valence-corrected chi connectivity index (χ3v) is 6.43. The van der Waals surface area contributed by atoms with E-state index in [4.69, 9.17) is 17.4 Å². The number of thiol groups is 1. The standard InChI is InChI=1S/C23H28FN3O2S.ClH/c1-29-13-12-27-11-8-18(25-27)14-17-15-26(10-9-21(17)30)22(23(28)16-6-7-16)19-4-2-3-5-20(19)24;/h2-5,8,11,14,16,21-22,30H,6-7,9-10,12-13,15H2,1H3;1H/b17-14+;. The number of ketones is 1. The first-order valence-electron chi connectivity index (χ1n) is 10.5. The summed E-state index contributed by atoms with van der Waals surface area (Å²) in [5.74, 6) is -0.111. The molecule has 0 spiro atoms. The Morgan fingerprint density at radius 1 is 1.32 bits per heavy atom. The summed E-state index contributed by atoms with van der Waals surface area (Å²) in [6.07, 6.45) is 6.61. The highest BCUT2D eigenvalue weighted by molar-refractivity contribution is 7.81. The van der Waals surface area contributed by atoms with Crippen LogP contribution < -0.4 is 0 Å². The number of piperidine rings is 1. The molecule has 2 aromatic rings. The predicted molar refractivity (Wildman–Crippen MR) is 125 cm³/mol. The number of likely N-dealkylation sites (tertiary alicyclic amines) is 1. The van der Waals surface area contributed by atoms with Gasteiger partial charge < -0.3 is 4.74 Å². The Bertz CT molecular complexity index is 931. The molecule has 1 aliphatic heterocycles. The molecule has 5 nitrogen and oxygen atoms in total. The molecule has 0 bridgehead atoms. The Morgan fingerprint density at radius 3 is 2.81 bits per heavy atom. The largest absolute Gasteiger partial charge is 0.383 e. The molecule has 1 saturated heterocycles. The van der Waals surface area contributed by atoms with Gasteiger partial charge in [-0.2, -0.15) is 17.7 Å². The van der Waals surface area contributed by atoms with E-state index in [2.05, 4.69) is 10.00 Å². The molecule has 4 rings (SSSR count). The Balaban J connectivity index is 0.00000272. The van der Waals surface area contributed by atoms with Crippen molar-refractivity contribution in [1.82, 2.24) is 14.7 Å². The molecule has 1 aliphatic carbocycles. The number of hydrogen-bond donors (Lipinski definition) is 1. The van der Waals surface area contributed by atoms with Crippen molar-refractivity contribution in [3.05, 3.63) is 59.2 Å². The lowest BCUT2D eigenvalue weighted by atomic mass is 9.93. The summed E-state index contributed by atoms with van der Waals surface area (Å²) in [4.78, 5) is 15.2. The van der Waals surface area contributed by atoms with E-state index in [1.54, 1.807) is 25.3 Å². The molecule has 2 aliphatic rings. The van der Waals surface area contributed by atoms with E-state index in [0.29, 0.717) is 31.8 Å². The van der Waals surface area contributed by atoms with Gasteiger partial charge in [0.1, 0.15) is 5.82 Å². The van der Waals surface area contributed by atoms with Crippen molar-refractivity contribution in [2.24, 2.45) is 5.92 Å². The van der Waals surface area contributed by atoms with Crippen molar-refractivity contribution >= 4 is 36.9 Å². The summed E-state index contributed by atoms with van der Waals surface area (Å²) in [6, 6.07) is 8.09. The Labute approximate surface area is 194 Å². The number of nitrogens with zero attached hydrogens (tertiary/aromatic N) is 3. The minimum absolute atomic E-state index is 0. The maximum Gasteiger partial charge on any atom is 0.157 e. The molecule has 2 atom stereocenters. The van der Waals surface area contributed by atoms with Crippen LogP contribution >= 0.6 is 25.0 Å². The van der Waals surface area contributed by atoms with Crippen molar-refractivity contribution in [3.63, 3.8) is 0 Å². The number of halogens is 2. The van der Waals surface area contributed by atoms with E-state index in [1.807, 2.05) is 23.0 Å². The molecule has 0 amide bonds. The van der Waals surface area contributed by atoms with Gasteiger partial charge in [0.05, 0.1) is 24.9 Å². The SMILES string of the molecule is COCCn1ccc(/C=C2\CN(C(C(=O)C3CC3)c3ccccc3F)CCC2S)n1.Cl. The van der Waals surface area contributed by atoms with Crippen LogP contribution in [0.1, 0.15) is 36.6 Å². The number of carbonyl (C=O) groups excluding carboxylic acids is 1. The third kappa shape index (κ3) is 5.77. The summed E-state index contributed by atoms with van der Waals surface area (Å²) < 4.78 is 21.6. The molecule has 8 heteroatoms. The minimum atomic E-state index is -0.540. The van der Waals surface area contributed by atoms with Gasteiger partial charge in [0.25, 0.3) is 0 Å². The second-order valence-electron chi connectivity index (χ2n) is 8.09. The molecule has 1 aromatic carbocycles. The number of methoxy groups -OCH3 is 1.